The molecule has 13 unspecified atom stereocenters. The van der Waals surface area contributed by atoms with Crippen LogP contribution in [0.2, 0.25) is 0 Å². The van der Waals surface area contributed by atoms with Gasteiger partial charge in [-0.15, -0.1) is 0 Å². The first-order valence-corrected chi connectivity index (χ1v) is 12.5. The predicted octanol–water partition coefficient (Wildman–Crippen LogP) is -1.27. The third kappa shape index (κ3) is 5.36. The topological polar surface area (TPSA) is 175 Å². The van der Waals surface area contributed by atoms with Gasteiger partial charge in [-0.1, -0.05) is 55.5 Å². The summed E-state index contributed by atoms with van der Waals surface area (Å²) >= 11 is 0. The first kappa shape index (κ1) is 27.2. The quantitative estimate of drug-likeness (QED) is 0.225. The van der Waals surface area contributed by atoms with E-state index in [1.807, 2.05) is 12.2 Å². The van der Waals surface area contributed by atoms with Crippen LogP contribution in [0, 0.1) is 29.6 Å². The molecule has 1 amide bonds. The van der Waals surface area contributed by atoms with Gasteiger partial charge in [0.05, 0.1) is 30.8 Å². The molecule has 10 heteroatoms. The van der Waals surface area contributed by atoms with Gasteiger partial charge in [0.15, 0.2) is 6.29 Å². The second kappa shape index (κ2) is 10.8. The van der Waals surface area contributed by atoms with Gasteiger partial charge in [0.1, 0.15) is 23.9 Å². The van der Waals surface area contributed by atoms with E-state index in [-0.39, 0.29) is 30.9 Å². The lowest BCUT2D eigenvalue weighted by Gasteiger charge is -2.43. The van der Waals surface area contributed by atoms with E-state index >= 15 is 0 Å². The summed E-state index contributed by atoms with van der Waals surface area (Å²) in [6, 6.07) is -1.02. The van der Waals surface area contributed by atoms with Crippen molar-refractivity contribution in [3.63, 3.8) is 0 Å². The van der Waals surface area contributed by atoms with Gasteiger partial charge in [-0.25, -0.2) is 0 Å². The molecular weight excluding hydrogens is 468 g/mol. The molecule has 2 heterocycles. The lowest BCUT2D eigenvalue weighted by atomic mass is 9.65. The number of aliphatic hydroxyl groups excluding tert-OH is 4. The number of nitrogens with one attached hydrogen (secondary N) is 1. The second-order valence-electron chi connectivity index (χ2n) is 10.6. The Bertz CT molecular complexity index is 918. The molecule has 200 valence electrons. The van der Waals surface area contributed by atoms with Crippen LogP contribution in [0.1, 0.15) is 13.8 Å². The molecule has 2 aliphatic carbocycles. The van der Waals surface area contributed by atoms with Gasteiger partial charge in [0, 0.05) is 24.3 Å². The fourth-order valence-corrected chi connectivity index (χ4v) is 5.41. The van der Waals surface area contributed by atoms with Gasteiger partial charge in [-0.2, -0.15) is 0 Å². The van der Waals surface area contributed by atoms with Gasteiger partial charge in [-0.05, 0) is 12.8 Å². The molecule has 4 aliphatic rings. The van der Waals surface area contributed by atoms with Crippen LogP contribution in [-0.2, 0) is 14.3 Å². The molecule has 2 aliphatic heterocycles. The zero-order valence-electron chi connectivity index (χ0n) is 20.5. The molecule has 0 radical (unpaired) electrons. The van der Waals surface area contributed by atoms with Gasteiger partial charge in [0.25, 0.3) is 0 Å². The van der Waals surface area contributed by atoms with Crippen LogP contribution in [0.25, 0.3) is 0 Å². The Labute approximate surface area is 210 Å². The first-order chi connectivity index (χ1) is 17.0. The minimum Gasteiger partial charge on any atom is -0.390 e. The molecule has 0 bridgehead atoms. The Morgan fingerprint density at radius 1 is 1.03 bits per heavy atom. The third-order valence-corrected chi connectivity index (χ3v) is 7.83. The van der Waals surface area contributed by atoms with Gasteiger partial charge < -0.3 is 46.1 Å². The number of ether oxygens (including phenoxy) is 2. The number of amides is 1. The van der Waals surface area contributed by atoms with Crippen molar-refractivity contribution < 1.29 is 39.8 Å². The SMILES string of the molecule is CC1CNC(=O)C2C3C=CC(C)(O)C(OC4OCC(O)C(O)C4N)C=CC=CC3C=CC2C(O)C1O. The van der Waals surface area contributed by atoms with Crippen LogP contribution in [0.3, 0.4) is 0 Å². The number of fused-ring (bicyclic) bond motifs is 3. The number of aliphatic hydroxyl groups is 5. The number of hydrogen-bond acceptors (Lipinski definition) is 9. The van der Waals surface area contributed by atoms with Crippen molar-refractivity contribution in [1.29, 1.82) is 0 Å². The second-order valence-corrected chi connectivity index (χ2v) is 10.6. The van der Waals surface area contributed by atoms with Crippen molar-refractivity contribution in [1.82, 2.24) is 5.32 Å². The van der Waals surface area contributed by atoms with Crippen LogP contribution >= 0.6 is 0 Å². The van der Waals surface area contributed by atoms with Crippen LogP contribution < -0.4 is 11.1 Å². The minimum atomic E-state index is -1.56. The Kier molecular flexibility index (Phi) is 8.18. The summed E-state index contributed by atoms with van der Waals surface area (Å²) < 4.78 is 11.4. The van der Waals surface area contributed by atoms with E-state index in [1.54, 1.807) is 50.3 Å². The summed E-state index contributed by atoms with van der Waals surface area (Å²) in [5, 5.41) is 55.6. The first-order valence-electron chi connectivity index (χ1n) is 12.5. The van der Waals surface area contributed by atoms with Crippen molar-refractivity contribution in [2.45, 2.75) is 62.3 Å². The molecule has 13 atom stereocenters. The predicted molar refractivity (Wildman–Crippen MR) is 130 cm³/mol. The van der Waals surface area contributed by atoms with Crippen molar-refractivity contribution in [2.24, 2.45) is 35.3 Å². The molecule has 0 aromatic carbocycles. The van der Waals surface area contributed by atoms with Gasteiger partial charge in [-0.3, -0.25) is 4.79 Å². The lowest BCUT2D eigenvalue weighted by molar-refractivity contribution is -0.251. The number of carbonyl (C=O) groups is 1. The summed E-state index contributed by atoms with van der Waals surface area (Å²) in [4.78, 5) is 13.2. The van der Waals surface area contributed by atoms with Crippen molar-refractivity contribution in [3.05, 3.63) is 48.6 Å². The minimum absolute atomic E-state index is 0.158. The molecule has 2 fully saturated rings. The molecule has 0 saturated carbocycles. The largest absolute Gasteiger partial charge is 0.390 e. The van der Waals surface area contributed by atoms with Crippen molar-refractivity contribution in [2.75, 3.05) is 13.2 Å². The third-order valence-electron chi connectivity index (χ3n) is 7.83. The average Bonchev–Trinajstić information content (AvgIpc) is 2.85. The average molecular weight is 507 g/mol. The van der Waals surface area contributed by atoms with E-state index in [2.05, 4.69) is 5.32 Å². The maximum absolute atomic E-state index is 13.2. The van der Waals surface area contributed by atoms with E-state index in [4.69, 9.17) is 15.2 Å². The lowest BCUT2D eigenvalue weighted by Crippen LogP contribution is -2.59. The van der Waals surface area contributed by atoms with Crippen LogP contribution in [-0.4, -0.2) is 93.0 Å². The van der Waals surface area contributed by atoms with Crippen molar-refractivity contribution in [3.8, 4) is 0 Å². The highest BCUT2D eigenvalue weighted by Gasteiger charge is 2.46. The Hall–Kier alpha value is -1.89. The number of hydrogen-bond donors (Lipinski definition) is 7. The van der Waals surface area contributed by atoms with E-state index < -0.39 is 66.2 Å². The molecule has 10 nitrogen and oxygen atoms in total. The summed E-state index contributed by atoms with van der Waals surface area (Å²) in [7, 11) is 0. The Balaban J connectivity index is 1.63. The number of rotatable bonds is 2. The molecule has 0 aromatic rings. The summed E-state index contributed by atoms with van der Waals surface area (Å²) in [6.45, 7) is 3.42. The molecule has 36 heavy (non-hydrogen) atoms. The van der Waals surface area contributed by atoms with Crippen LogP contribution in [0.4, 0.5) is 0 Å². The standard InChI is InChI=1S/C26H38N2O8/c1-13-11-28-24(33)19-15-9-10-26(2,34)18(36-25-20(27)23(32)17(29)12-35-25)6-4-3-5-14(15)7-8-16(19)22(31)21(13)30/h3-10,13-23,25,29-32,34H,11-12,27H2,1-2H3,(H,28,33). The highest BCUT2D eigenvalue weighted by atomic mass is 16.7. The van der Waals surface area contributed by atoms with Gasteiger partial charge in [0.2, 0.25) is 5.91 Å². The Morgan fingerprint density at radius 2 is 1.75 bits per heavy atom. The number of allylic oxidation sites excluding steroid dienone is 5. The van der Waals surface area contributed by atoms with E-state index in [0.29, 0.717) is 0 Å². The highest BCUT2D eigenvalue weighted by molar-refractivity contribution is 5.80. The number of carbonyl (C=O) groups excluding carboxylic acids is 1. The zero-order chi connectivity index (χ0) is 26.2. The molecule has 4 rings (SSSR count). The van der Waals surface area contributed by atoms with Gasteiger partial charge >= 0.3 is 0 Å². The highest BCUT2D eigenvalue weighted by Crippen LogP contribution is 2.41. The normalized spacial score (nSPS) is 49.4. The number of nitrogens with two attached hydrogens (primary N) is 1. The maximum Gasteiger partial charge on any atom is 0.224 e. The van der Waals surface area contributed by atoms with E-state index in [0.717, 1.165) is 0 Å². The summed E-state index contributed by atoms with van der Waals surface area (Å²) in [6.07, 6.45) is 7.68. The van der Waals surface area contributed by atoms with Crippen LogP contribution in [0.15, 0.2) is 48.6 Å². The maximum atomic E-state index is 13.2. The molecular formula is C26H38N2O8. The van der Waals surface area contributed by atoms with E-state index in [9.17, 15) is 30.3 Å². The molecule has 8 N–H and O–H groups in total. The molecule has 0 aromatic heterocycles. The molecule has 0 spiro atoms. The van der Waals surface area contributed by atoms with Crippen molar-refractivity contribution >= 4 is 5.91 Å². The fourth-order valence-electron chi connectivity index (χ4n) is 5.41. The van der Waals surface area contributed by atoms with Crippen LogP contribution in [0.5, 0.6) is 0 Å². The van der Waals surface area contributed by atoms with E-state index in [1.165, 1.54) is 0 Å². The Morgan fingerprint density at radius 3 is 2.50 bits per heavy atom. The molecule has 2 saturated heterocycles. The zero-order valence-corrected chi connectivity index (χ0v) is 20.5. The summed E-state index contributed by atoms with van der Waals surface area (Å²) in [5.74, 6) is -2.37. The fraction of sp³-hybridized carbons (Fsp3) is 0.654. The smallest absolute Gasteiger partial charge is 0.224 e. The monoisotopic (exact) mass is 506 g/mol. The summed E-state index contributed by atoms with van der Waals surface area (Å²) in [5.41, 5.74) is 4.43.